The van der Waals surface area contributed by atoms with Crippen LogP contribution in [0, 0.1) is 4.77 Å². The summed E-state index contributed by atoms with van der Waals surface area (Å²) < 4.78 is 2.61. The van der Waals surface area contributed by atoms with Crippen molar-refractivity contribution in [3.8, 4) is 0 Å². The fraction of sp³-hybridized carbons (Fsp3) is 0.875. The molecule has 80 valence electrons. The molecule has 0 bridgehead atoms. The van der Waals surface area contributed by atoms with E-state index in [9.17, 15) is 0 Å². The van der Waals surface area contributed by atoms with E-state index in [4.69, 9.17) is 12.2 Å². The Labute approximate surface area is 93.5 Å². The van der Waals surface area contributed by atoms with Crippen LogP contribution in [0.3, 0.4) is 0 Å². The largest absolute Gasteiger partial charge is 0.241 e. The van der Waals surface area contributed by atoms with Gasteiger partial charge in [0.2, 0.25) is 4.77 Å². The molecule has 0 spiro atoms. The zero-order valence-electron chi connectivity index (χ0n) is 8.78. The molecular weight excluding hydrogens is 216 g/mol. The highest BCUT2D eigenvalue weighted by Crippen LogP contribution is 2.31. The maximum atomic E-state index is 5.05. The van der Waals surface area contributed by atoms with Gasteiger partial charge in [-0.1, -0.05) is 24.2 Å². The minimum absolute atomic E-state index is 0.242. The zero-order valence-corrected chi connectivity index (χ0v) is 10.4. The van der Waals surface area contributed by atoms with Crippen LogP contribution in [0.15, 0.2) is 0 Å². The van der Waals surface area contributed by atoms with Gasteiger partial charge in [0.05, 0.1) is 6.54 Å². The van der Waals surface area contributed by atoms with Crippen LogP contribution >= 0.6 is 24.0 Å². The van der Waals surface area contributed by atoms with Crippen LogP contribution in [-0.2, 0) is 6.54 Å². The summed E-state index contributed by atoms with van der Waals surface area (Å²) in [6, 6.07) is 0. The molecule has 0 aromatic carbocycles. The number of tetrazole rings is 1. The van der Waals surface area contributed by atoms with Gasteiger partial charge in [-0.3, -0.25) is 0 Å². The lowest BCUT2D eigenvalue weighted by Gasteiger charge is -2.29. The molecule has 0 atom stereocenters. The fourth-order valence-electron chi connectivity index (χ4n) is 1.43. The maximum absolute atomic E-state index is 5.05. The third-order valence-electron chi connectivity index (χ3n) is 2.70. The first kappa shape index (κ1) is 11.7. The van der Waals surface area contributed by atoms with E-state index in [1.165, 1.54) is 0 Å². The van der Waals surface area contributed by atoms with Gasteiger partial charge in [-0.15, -0.1) is 0 Å². The van der Waals surface area contributed by atoms with Crippen LogP contribution in [0.5, 0.6) is 0 Å². The average molecular weight is 232 g/mol. The Balaban J connectivity index is 2.84. The molecule has 1 N–H and O–H groups in total. The lowest BCUT2D eigenvalue weighted by atomic mass is 10.0. The molecule has 1 heterocycles. The molecule has 0 unspecified atom stereocenters. The Kier molecular flexibility index (Phi) is 4.12. The number of aromatic nitrogens is 4. The summed E-state index contributed by atoms with van der Waals surface area (Å²) in [6.45, 7) is 5.26. The normalized spacial score (nSPS) is 11.9. The van der Waals surface area contributed by atoms with Crippen molar-refractivity contribution in [2.24, 2.45) is 0 Å². The molecule has 0 aliphatic carbocycles. The minimum Gasteiger partial charge on any atom is -0.241 e. The van der Waals surface area contributed by atoms with Gasteiger partial charge in [0, 0.05) is 4.75 Å². The smallest absolute Gasteiger partial charge is 0.238 e. The van der Waals surface area contributed by atoms with Crippen molar-refractivity contribution in [2.75, 3.05) is 6.26 Å². The molecule has 0 aliphatic heterocycles. The molecule has 0 saturated heterocycles. The van der Waals surface area contributed by atoms with E-state index in [1.54, 1.807) is 0 Å². The van der Waals surface area contributed by atoms with Crippen LogP contribution in [0.2, 0.25) is 0 Å². The fourth-order valence-corrected chi connectivity index (χ4v) is 2.42. The number of hydrogen-bond donors (Lipinski definition) is 1. The second kappa shape index (κ2) is 4.93. The third kappa shape index (κ3) is 2.36. The molecule has 1 aromatic heterocycles. The Hall–Kier alpha value is -0.360. The first-order chi connectivity index (χ1) is 6.67. The summed E-state index contributed by atoms with van der Waals surface area (Å²) in [5.74, 6) is 0. The van der Waals surface area contributed by atoms with Gasteiger partial charge < -0.3 is 0 Å². The Bertz CT molecular complexity index is 318. The Morgan fingerprint density at radius 3 is 2.50 bits per heavy atom. The van der Waals surface area contributed by atoms with E-state index in [-0.39, 0.29) is 4.75 Å². The van der Waals surface area contributed by atoms with Gasteiger partial charge in [0.15, 0.2) is 0 Å². The second-order valence-electron chi connectivity index (χ2n) is 3.26. The van der Waals surface area contributed by atoms with Crippen LogP contribution in [-0.4, -0.2) is 31.2 Å². The number of hydrogen-bond acceptors (Lipinski definition) is 4. The molecule has 0 amide bonds. The molecule has 0 saturated carbocycles. The highest BCUT2D eigenvalue weighted by atomic mass is 32.2. The molecule has 0 fully saturated rings. The summed E-state index contributed by atoms with van der Waals surface area (Å²) in [5.41, 5.74) is 0. The van der Waals surface area contributed by atoms with E-state index < -0.39 is 0 Å². The predicted molar refractivity (Wildman–Crippen MR) is 62.0 cm³/mol. The number of thioether (sulfide) groups is 1. The molecule has 0 radical (unpaired) electrons. The lowest BCUT2D eigenvalue weighted by Crippen LogP contribution is -2.29. The first-order valence-corrected chi connectivity index (χ1v) is 6.34. The zero-order chi connectivity index (χ0) is 10.6. The van der Waals surface area contributed by atoms with E-state index in [0.29, 0.717) is 4.77 Å². The first-order valence-electron chi connectivity index (χ1n) is 4.70. The monoisotopic (exact) mass is 232 g/mol. The predicted octanol–water partition coefficient (Wildman–Crippen LogP) is 2.26. The highest BCUT2D eigenvalue weighted by molar-refractivity contribution is 8.00. The summed E-state index contributed by atoms with van der Waals surface area (Å²) in [7, 11) is 0. The van der Waals surface area contributed by atoms with Gasteiger partial charge in [-0.05, 0) is 31.3 Å². The van der Waals surface area contributed by atoms with Crippen molar-refractivity contribution in [2.45, 2.75) is 38.0 Å². The lowest BCUT2D eigenvalue weighted by molar-refractivity contribution is 0.429. The molecule has 1 rings (SSSR count). The van der Waals surface area contributed by atoms with Gasteiger partial charge >= 0.3 is 0 Å². The van der Waals surface area contributed by atoms with Crippen LogP contribution in [0.4, 0.5) is 0 Å². The molecule has 1 aromatic rings. The summed E-state index contributed by atoms with van der Waals surface area (Å²) in [4.78, 5) is 0. The third-order valence-corrected chi connectivity index (χ3v) is 4.57. The van der Waals surface area contributed by atoms with Gasteiger partial charge in [-0.25, -0.2) is 4.68 Å². The van der Waals surface area contributed by atoms with E-state index in [1.807, 2.05) is 16.4 Å². The highest BCUT2D eigenvalue weighted by Gasteiger charge is 2.26. The van der Waals surface area contributed by atoms with Crippen molar-refractivity contribution in [3.63, 3.8) is 0 Å². The van der Waals surface area contributed by atoms with E-state index in [2.05, 4.69) is 35.6 Å². The Morgan fingerprint density at radius 1 is 1.50 bits per heavy atom. The van der Waals surface area contributed by atoms with Crippen molar-refractivity contribution in [1.29, 1.82) is 0 Å². The maximum Gasteiger partial charge on any atom is 0.238 e. The van der Waals surface area contributed by atoms with Crippen LogP contribution in [0.1, 0.15) is 26.7 Å². The quantitative estimate of drug-likeness (QED) is 0.791. The van der Waals surface area contributed by atoms with Crippen molar-refractivity contribution < 1.29 is 0 Å². The Morgan fingerprint density at radius 2 is 2.14 bits per heavy atom. The van der Waals surface area contributed by atoms with E-state index >= 15 is 0 Å². The molecular formula is C8H16N4S2. The molecule has 6 heteroatoms. The number of nitrogens with one attached hydrogen (secondary N) is 1. The van der Waals surface area contributed by atoms with Crippen molar-refractivity contribution >= 4 is 24.0 Å². The molecule has 14 heavy (non-hydrogen) atoms. The molecule has 0 aliphatic rings. The standard InChI is InChI=1S/C8H16N4S2/c1-4-8(5-2,14-3)6-12-7(13)9-10-11-12/h4-6H2,1-3H3,(H,9,11,13). The summed E-state index contributed by atoms with van der Waals surface area (Å²) in [5, 5.41) is 10.3. The van der Waals surface area contributed by atoms with E-state index in [0.717, 1.165) is 19.4 Å². The number of nitrogens with zero attached hydrogens (tertiary/aromatic N) is 3. The van der Waals surface area contributed by atoms with Crippen LogP contribution in [0.25, 0.3) is 0 Å². The SMILES string of the molecule is CCC(CC)(Cn1[nH]nnc1=S)SC. The minimum atomic E-state index is 0.242. The topological polar surface area (TPSA) is 46.5 Å². The van der Waals surface area contributed by atoms with Crippen molar-refractivity contribution in [1.82, 2.24) is 20.2 Å². The average Bonchev–Trinajstić information content (AvgIpc) is 2.61. The number of aromatic amines is 1. The summed E-state index contributed by atoms with van der Waals surface area (Å²) >= 11 is 6.93. The van der Waals surface area contributed by atoms with Crippen molar-refractivity contribution in [3.05, 3.63) is 4.77 Å². The van der Waals surface area contributed by atoms with Gasteiger partial charge in [0.1, 0.15) is 0 Å². The second-order valence-corrected chi connectivity index (χ2v) is 4.90. The number of H-pyrrole nitrogens is 1. The van der Waals surface area contributed by atoms with Gasteiger partial charge in [0.25, 0.3) is 0 Å². The van der Waals surface area contributed by atoms with Crippen LogP contribution < -0.4 is 0 Å². The summed E-state index contributed by atoms with van der Waals surface area (Å²) in [6.07, 6.45) is 4.37. The number of rotatable bonds is 5. The van der Waals surface area contributed by atoms with Gasteiger partial charge in [-0.2, -0.15) is 17.0 Å². The molecule has 4 nitrogen and oxygen atoms in total.